The van der Waals surface area contributed by atoms with Crippen LogP contribution in [-0.4, -0.2) is 45.7 Å². The highest BCUT2D eigenvalue weighted by atomic mass is 127. The van der Waals surface area contributed by atoms with Crippen LogP contribution in [0.2, 0.25) is 0 Å². The van der Waals surface area contributed by atoms with Gasteiger partial charge >= 0.3 is 0 Å². The summed E-state index contributed by atoms with van der Waals surface area (Å²) >= 11 is 0. The summed E-state index contributed by atoms with van der Waals surface area (Å²) in [5.74, 6) is 1.49. The lowest BCUT2D eigenvalue weighted by Gasteiger charge is -2.12. The first-order chi connectivity index (χ1) is 11.1. The lowest BCUT2D eigenvalue weighted by atomic mass is 10.1. The van der Waals surface area contributed by atoms with Gasteiger partial charge in [-0.1, -0.05) is 19.1 Å². The predicted octanol–water partition coefficient (Wildman–Crippen LogP) is 1.86. The Bertz CT molecular complexity index is 535. The van der Waals surface area contributed by atoms with Crippen molar-refractivity contribution in [3.05, 3.63) is 29.3 Å². The fourth-order valence-corrected chi connectivity index (χ4v) is 2.06. The molecule has 0 heterocycles. The van der Waals surface area contributed by atoms with E-state index in [9.17, 15) is 4.79 Å². The second-order valence-electron chi connectivity index (χ2n) is 5.26. The van der Waals surface area contributed by atoms with Crippen LogP contribution in [0.5, 0.6) is 5.75 Å². The van der Waals surface area contributed by atoms with Crippen molar-refractivity contribution in [2.24, 2.45) is 4.99 Å². The van der Waals surface area contributed by atoms with Crippen molar-refractivity contribution >= 4 is 35.8 Å². The minimum atomic E-state index is -0.0296. The lowest BCUT2D eigenvalue weighted by Crippen LogP contribution is -2.43. The molecule has 0 aliphatic rings. The smallest absolute Gasteiger partial charge is 0.239 e. The highest BCUT2D eigenvalue weighted by Gasteiger charge is 2.04. The highest BCUT2D eigenvalue weighted by molar-refractivity contribution is 14.0. The number of benzene rings is 1. The normalized spacial score (nSPS) is 10.6. The first-order valence-electron chi connectivity index (χ1n) is 7.95. The summed E-state index contributed by atoms with van der Waals surface area (Å²) in [6.45, 7) is 5.69. The minimum absolute atomic E-state index is 0. The molecule has 0 radical (unpaired) electrons. The number of ether oxygens (including phenoxy) is 1. The van der Waals surface area contributed by atoms with Crippen molar-refractivity contribution in [1.82, 2.24) is 16.0 Å². The van der Waals surface area contributed by atoms with Crippen molar-refractivity contribution in [2.75, 3.05) is 33.8 Å². The van der Waals surface area contributed by atoms with Gasteiger partial charge in [0, 0.05) is 20.1 Å². The Morgan fingerprint density at radius 2 is 1.96 bits per heavy atom. The van der Waals surface area contributed by atoms with E-state index < -0.39 is 0 Å². The third-order valence-corrected chi connectivity index (χ3v) is 3.39. The zero-order valence-electron chi connectivity index (χ0n) is 14.9. The maximum Gasteiger partial charge on any atom is 0.239 e. The number of methoxy groups -OCH3 is 1. The molecule has 6 nitrogen and oxygen atoms in total. The number of carbonyl (C=O) groups is 1. The molecule has 0 saturated carbocycles. The number of hydrogen-bond acceptors (Lipinski definition) is 3. The molecule has 0 unspecified atom stereocenters. The fourth-order valence-electron chi connectivity index (χ4n) is 2.06. The van der Waals surface area contributed by atoms with Gasteiger partial charge in [0.15, 0.2) is 5.96 Å². The van der Waals surface area contributed by atoms with E-state index in [0.717, 1.165) is 30.7 Å². The molecule has 1 amide bonds. The number of halogens is 1. The van der Waals surface area contributed by atoms with Crippen LogP contribution in [0, 0.1) is 6.92 Å². The van der Waals surface area contributed by atoms with Gasteiger partial charge in [0.1, 0.15) is 5.75 Å². The summed E-state index contributed by atoms with van der Waals surface area (Å²) in [6.07, 6.45) is 1.78. The molecule has 1 aromatic rings. The highest BCUT2D eigenvalue weighted by Crippen LogP contribution is 2.18. The van der Waals surface area contributed by atoms with E-state index >= 15 is 0 Å². The molecule has 3 N–H and O–H groups in total. The maximum atomic E-state index is 11.5. The molecule has 0 saturated heterocycles. The van der Waals surface area contributed by atoms with Crippen molar-refractivity contribution in [1.29, 1.82) is 0 Å². The van der Waals surface area contributed by atoms with E-state index in [1.807, 2.05) is 19.9 Å². The van der Waals surface area contributed by atoms with E-state index in [1.54, 1.807) is 14.2 Å². The first kappa shape index (κ1) is 22.5. The van der Waals surface area contributed by atoms with Crippen LogP contribution in [0.1, 0.15) is 24.5 Å². The van der Waals surface area contributed by atoms with E-state index in [0.29, 0.717) is 12.5 Å². The first-order valence-corrected chi connectivity index (χ1v) is 7.95. The molecular formula is C17H29IN4O2. The Hall–Kier alpha value is -1.51. The molecule has 0 atom stereocenters. The molecule has 0 aliphatic heterocycles. The number of hydrogen-bond donors (Lipinski definition) is 3. The number of nitrogens with zero attached hydrogens (tertiary/aromatic N) is 1. The third-order valence-electron chi connectivity index (χ3n) is 3.39. The third kappa shape index (κ3) is 8.37. The second-order valence-corrected chi connectivity index (χ2v) is 5.26. The quantitative estimate of drug-likeness (QED) is 0.323. The number of nitrogens with one attached hydrogen (secondary N) is 3. The molecule has 0 aromatic heterocycles. The summed E-state index contributed by atoms with van der Waals surface area (Å²) in [4.78, 5) is 15.7. The predicted molar refractivity (Wildman–Crippen MR) is 110 cm³/mol. The van der Waals surface area contributed by atoms with Gasteiger partial charge in [-0.25, -0.2) is 0 Å². The number of aliphatic imine (C=N–C) groups is 1. The molecule has 1 aromatic carbocycles. The summed E-state index contributed by atoms with van der Waals surface area (Å²) in [5, 5.41) is 9.01. The van der Waals surface area contributed by atoms with E-state index in [2.05, 4.69) is 33.1 Å². The van der Waals surface area contributed by atoms with E-state index in [1.165, 1.54) is 5.56 Å². The van der Waals surface area contributed by atoms with Crippen LogP contribution in [0.25, 0.3) is 0 Å². The van der Waals surface area contributed by atoms with Crippen LogP contribution in [0.15, 0.2) is 23.2 Å². The standard InChI is InChI=1S/C17H28N4O2.HI/c1-5-9-19-16(22)12-21-17(18-3)20-10-8-14-7-6-13(2)15(11-14)23-4;/h6-7,11H,5,8-10,12H2,1-4H3,(H,19,22)(H2,18,20,21);1H. The molecule has 136 valence electrons. The van der Waals surface area contributed by atoms with Gasteiger partial charge in [0.2, 0.25) is 5.91 Å². The Morgan fingerprint density at radius 3 is 2.58 bits per heavy atom. The fraction of sp³-hybridized carbons (Fsp3) is 0.529. The molecule has 0 bridgehead atoms. The van der Waals surface area contributed by atoms with Gasteiger partial charge in [-0.3, -0.25) is 9.79 Å². The average Bonchev–Trinajstić information content (AvgIpc) is 2.57. The summed E-state index contributed by atoms with van der Waals surface area (Å²) < 4.78 is 5.33. The van der Waals surface area contributed by atoms with Gasteiger partial charge in [-0.2, -0.15) is 0 Å². The van der Waals surface area contributed by atoms with Crippen molar-refractivity contribution < 1.29 is 9.53 Å². The molecular weight excluding hydrogens is 419 g/mol. The van der Waals surface area contributed by atoms with Gasteiger partial charge in [-0.05, 0) is 37.0 Å². The monoisotopic (exact) mass is 448 g/mol. The molecule has 0 aliphatic carbocycles. The van der Waals surface area contributed by atoms with E-state index in [-0.39, 0.29) is 36.4 Å². The molecule has 0 spiro atoms. The lowest BCUT2D eigenvalue weighted by molar-refractivity contribution is -0.120. The van der Waals surface area contributed by atoms with Gasteiger partial charge < -0.3 is 20.7 Å². The number of amides is 1. The maximum absolute atomic E-state index is 11.5. The average molecular weight is 448 g/mol. The van der Waals surface area contributed by atoms with Crippen LogP contribution in [0.3, 0.4) is 0 Å². The minimum Gasteiger partial charge on any atom is -0.496 e. The van der Waals surface area contributed by atoms with Crippen molar-refractivity contribution in [3.63, 3.8) is 0 Å². The summed E-state index contributed by atoms with van der Waals surface area (Å²) in [6, 6.07) is 6.19. The van der Waals surface area contributed by atoms with Gasteiger partial charge in [-0.15, -0.1) is 24.0 Å². The topological polar surface area (TPSA) is 74.8 Å². The van der Waals surface area contributed by atoms with Crippen molar-refractivity contribution in [3.8, 4) is 5.75 Å². The number of aryl methyl sites for hydroxylation is 1. The van der Waals surface area contributed by atoms with E-state index in [4.69, 9.17) is 4.74 Å². The zero-order chi connectivity index (χ0) is 17.1. The van der Waals surface area contributed by atoms with Crippen LogP contribution < -0.4 is 20.7 Å². The Labute approximate surface area is 161 Å². The van der Waals surface area contributed by atoms with Crippen LogP contribution in [0.4, 0.5) is 0 Å². The van der Waals surface area contributed by atoms with Gasteiger partial charge in [0.05, 0.1) is 13.7 Å². The summed E-state index contributed by atoms with van der Waals surface area (Å²) in [7, 11) is 3.37. The molecule has 7 heteroatoms. The van der Waals surface area contributed by atoms with Gasteiger partial charge in [0.25, 0.3) is 0 Å². The summed E-state index contributed by atoms with van der Waals surface area (Å²) in [5.41, 5.74) is 2.32. The number of rotatable bonds is 8. The SMILES string of the molecule is CCCNC(=O)CNC(=NC)NCCc1ccc(C)c(OC)c1.I. The Balaban J connectivity index is 0.00000529. The molecule has 0 fully saturated rings. The second kappa shape index (κ2) is 12.9. The van der Waals surface area contributed by atoms with Crippen LogP contribution >= 0.6 is 24.0 Å². The van der Waals surface area contributed by atoms with Crippen LogP contribution in [-0.2, 0) is 11.2 Å². The zero-order valence-corrected chi connectivity index (χ0v) is 17.3. The molecule has 24 heavy (non-hydrogen) atoms. The van der Waals surface area contributed by atoms with Crippen molar-refractivity contribution in [2.45, 2.75) is 26.7 Å². The Kier molecular flexibility index (Phi) is 12.0. The number of carbonyl (C=O) groups excluding carboxylic acids is 1. The molecule has 1 rings (SSSR count). The largest absolute Gasteiger partial charge is 0.496 e. The number of guanidine groups is 1. The Morgan fingerprint density at radius 1 is 1.21 bits per heavy atom.